The third-order valence-electron chi connectivity index (χ3n) is 3.24. The van der Waals surface area contributed by atoms with Crippen molar-refractivity contribution in [3.05, 3.63) is 64.0 Å². The summed E-state index contributed by atoms with van der Waals surface area (Å²) in [5, 5.41) is 19.0. The lowest BCUT2D eigenvalue weighted by molar-refractivity contribution is -0.384. The Morgan fingerprint density at radius 3 is 2.35 bits per heavy atom. The normalized spacial score (nSPS) is 12.7. The maximum absolute atomic E-state index is 12.9. The van der Waals surface area contributed by atoms with Crippen LogP contribution >= 0.6 is 0 Å². The Morgan fingerprint density at radius 2 is 1.83 bits per heavy atom. The molecule has 0 aliphatic rings. The lowest BCUT2D eigenvalue weighted by atomic mass is 10.1. The molecule has 3 N–H and O–H groups in total. The largest absolute Gasteiger partial charge is 0.373 e. The first kappa shape index (κ1) is 16.8. The SMILES string of the molecule is CC(Nc1ccc(S(N)(=O)=O)cc1[N+](=O)[O-])c1ccc(F)cc1. The average molecular weight is 339 g/mol. The molecule has 2 rings (SSSR count). The molecular formula is C14H14FN3O4S. The summed E-state index contributed by atoms with van der Waals surface area (Å²) in [6.07, 6.45) is 0. The van der Waals surface area contributed by atoms with Crippen LogP contribution in [0.5, 0.6) is 0 Å². The number of hydrogen-bond acceptors (Lipinski definition) is 5. The number of hydrogen-bond donors (Lipinski definition) is 2. The highest BCUT2D eigenvalue weighted by Crippen LogP contribution is 2.30. The predicted octanol–water partition coefficient (Wildman–Crippen LogP) is 2.55. The van der Waals surface area contributed by atoms with Gasteiger partial charge in [0.2, 0.25) is 10.0 Å². The summed E-state index contributed by atoms with van der Waals surface area (Å²) in [5.74, 6) is -0.385. The fourth-order valence-electron chi connectivity index (χ4n) is 2.03. The highest BCUT2D eigenvalue weighted by Gasteiger charge is 2.20. The lowest BCUT2D eigenvalue weighted by Gasteiger charge is -2.16. The van der Waals surface area contributed by atoms with Crippen molar-refractivity contribution in [1.29, 1.82) is 0 Å². The molecular weight excluding hydrogens is 325 g/mol. The third kappa shape index (κ3) is 4.02. The molecule has 23 heavy (non-hydrogen) atoms. The summed E-state index contributed by atoms with van der Waals surface area (Å²) < 4.78 is 35.5. The van der Waals surface area contributed by atoms with Crippen molar-refractivity contribution in [3.63, 3.8) is 0 Å². The minimum atomic E-state index is -4.03. The number of sulfonamides is 1. The second-order valence-corrected chi connectivity index (χ2v) is 6.46. The van der Waals surface area contributed by atoms with Gasteiger partial charge < -0.3 is 5.32 Å². The molecule has 0 bridgehead atoms. The van der Waals surface area contributed by atoms with Gasteiger partial charge >= 0.3 is 0 Å². The van der Waals surface area contributed by atoms with Gasteiger partial charge in [-0.2, -0.15) is 0 Å². The lowest BCUT2D eigenvalue weighted by Crippen LogP contribution is -2.13. The van der Waals surface area contributed by atoms with E-state index in [0.717, 1.165) is 11.6 Å². The van der Waals surface area contributed by atoms with E-state index in [4.69, 9.17) is 5.14 Å². The van der Waals surface area contributed by atoms with Gasteiger partial charge in [-0.15, -0.1) is 0 Å². The zero-order valence-electron chi connectivity index (χ0n) is 12.1. The molecule has 0 fully saturated rings. The fraction of sp³-hybridized carbons (Fsp3) is 0.143. The van der Waals surface area contributed by atoms with Crippen LogP contribution in [0.4, 0.5) is 15.8 Å². The summed E-state index contributed by atoms with van der Waals surface area (Å²) in [4.78, 5) is 10.1. The Balaban J connectivity index is 2.35. The summed E-state index contributed by atoms with van der Waals surface area (Å²) >= 11 is 0. The first-order valence-corrected chi connectivity index (χ1v) is 8.06. The molecule has 0 aliphatic carbocycles. The molecule has 0 aromatic heterocycles. The van der Waals surface area contributed by atoms with Crippen LogP contribution in [0.1, 0.15) is 18.5 Å². The molecule has 0 saturated heterocycles. The van der Waals surface area contributed by atoms with E-state index in [-0.39, 0.29) is 22.4 Å². The van der Waals surface area contributed by atoms with E-state index in [1.807, 2.05) is 0 Å². The Morgan fingerprint density at radius 1 is 1.22 bits per heavy atom. The molecule has 0 radical (unpaired) electrons. The number of nitro groups is 1. The second kappa shape index (κ2) is 6.31. The number of nitrogens with two attached hydrogens (primary N) is 1. The maximum atomic E-state index is 12.9. The number of anilines is 1. The van der Waals surface area contributed by atoms with Crippen molar-refractivity contribution in [3.8, 4) is 0 Å². The summed E-state index contributed by atoms with van der Waals surface area (Å²) in [7, 11) is -4.03. The molecule has 9 heteroatoms. The van der Waals surface area contributed by atoms with Crippen molar-refractivity contribution >= 4 is 21.4 Å². The highest BCUT2D eigenvalue weighted by atomic mass is 32.2. The van der Waals surface area contributed by atoms with Crippen molar-refractivity contribution in [1.82, 2.24) is 0 Å². The van der Waals surface area contributed by atoms with Crippen LogP contribution in [0, 0.1) is 15.9 Å². The number of nitrogens with one attached hydrogen (secondary N) is 1. The minimum absolute atomic E-state index is 0.138. The highest BCUT2D eigenvalue weighted by molar-refractivity contribution is 7.89. The van der Waals surface area contributed by atoms with Crippen LogP contribution in [-0.2, 0) is 10.0 Å². The topological polar surface area (TPSA) is 115 Å². The molecule has 0 amide bonds. The van der Waals surface area contributed by atoms with Gasteiger partial charge in [0, 0.05) is 12.1 Å². The first-order valence-electron chi connectivity index (χ1n) is 6.51. The van der Waals surface area contributed by atoms with Crippen LogP contribution < -0.4 is 10.5 Å². The fourth-order valence-corrected chi connectivity index (χ4v) is 2.56. The van der Waals surface area contributed by atoms with Crippen LogP contribution in [0.3, 0.4) is 0 Å². The molecule has 0 heterocycles. The number of primary sulfonamides is 1. The molecule has 0 spiro atoms. The number of rotatable bonds is 5. The van der Waals surface area contributed by atoms with Crippen LogP contribution in [0.15, 0.2) is 47.4 Å². The van der Waals surface area contributed by atoms with Crippen molar-refractivity contribution in [2.24, 2.45) is 5.14 Å². The smallest absolute Gasteiger partial charge is 0.293 e. The molecule has 0 aliphatic heterocycles. The van der Waals surface area contributed by atoms with Crippen molar-refractivity contribution < 1.29 is 17.7 Å². The molecule has 7 nitrogen and oxygen atoms in total. The molecule has 2 aromatic carbocycles. The predicted molar refractivity (Wildman–Crippen MR) is 82.9 cm³/mol. The quantitative estimate of drug-likeness (QED) is 0.641. The molecule has 122 valence electrons. The first-order chi connectivity index (χ1) is 10.7. The van der Waals surface area contributed by atoms with E-state index < -0.39 is 20.6 Å². The molecule has 1 atom stereocenters. The van der Waals surface area contributed by atoms with E-state index >= 15 is 0 Å². The van der Waals surface area contributed by atoms with E-state index in [2.05, 4.69) is 5.32 Å². The van der Waals surface area contributed by atoms with Gasteiger partial charge in [-0.1, -0.05) is 12.1 Å². The summed E-state index contributed by atoms with van der Waals surface area (Å²) in [6.45, 7) is 1.74. The van der Waals surface area contributed by atoms with Gasteiger partial charge in [0.15, 0.2) is 0 Å². The number of benzene rings is 2. The van der Waals surface area contributed by atoms with Gasteiger partial charge in [-0.25, -0.2) is 17.9 Å². The molecule has 0 saturated carbocycles. The Labute approximate surface area is 132 Å². The molecule has 2 aromatic rings. The van der Waals surface area contributed by atoms with Gasteiger partial charge in [0.25, 0.3) is 5.69 Å². The van der Waals surface area contributed by atoms with E-state index in [1.54, 1.807) is 19.1 Å². The van der Waals surface area contributed by atoms with Gasteiger partial charge in [-0.05, 0) is 36.8 Å². The Bertz CT molecular complexity index is 838. The van der Waals surface area contributed by atoms with Crippen molar-refractivity contribution in [2.45, 2.75) is 17.9 Å². The monoisotopic (exact) mass is 339 g/mol. The zero-order valence-corrected chi connectivity index (χ0v) is 12.9. The van der Waals surface area contributed by atoms with Crippen LogP contribution in [0.2, 0.25) is 0 Å². The zero-order chi connectivity index (χ0) is 17.2. The van der Waals surface area contributed by atoms with Gasteiger partial charge in [-0.3, -0.25) is 10.1 Å². The summed E-state index contributed by atoms with van der Waals surface area (Å²) in [5.41, 5.74) is 0.445. The van der Waals surface area contributed by atoms with E-state index in [9.17, 15) is 22.9 Å². The standard InChI is InChI=1S/C14H14FN3O4S/c1-9(10-2-4-11(15)5-3-10)17-13-7-6-12(23(16,21)22)8-14(13)18(19)20/h2-9,17H,1H3,(H2,16,21,22). The number of nitrogens with zero attached hydrogens (tertiary/aromatic N) is 1. The maximum Gasteiger partial charge on any atom is 0.293 e. The number of nitro benzene ring substituents is 1. The summed E-state index contributed by atoms with van der Waals surface area (Å²) in [6, 6.07) is 8.68. The van der Waals surface area contributed by atoms with E-state index in [0.29, 0.717) is 0 Å². The van der Waals surface area contributed by atoms with Gasteiger partial charge in [0.1, 0.15) is 11.5 Å². The second-order valence-electron chi connectivity index (χ2n) is 4.90. The third-order valence-corrected chi connectivity index (χ3v) is 4.15. The van der Waals surface area contributed by atoms with Crippen molar-refractivity contribution in [2.75, 3.05) is 5.32 Å². The van der Waals surface area contributed by atoms with E-state index in [1.165, 1.54) is 24.3 Å². The molecule has 1 unspecified atom stereocenters. The average Bonchev–Trinajstić information content (AvgIpc) is 2.46. The van der Waals surface area contributed by atoms with Crippen LogP contribution in [-0.4, -0.2) is 13.3 Å². The van der Waals surface area contributed by atoms with Crippen LogP contribution in [0.25, 0.3) is 0 Å². The Kier molecular flexibility index (Phi) is 4.62. The Hall–Kier alpha value is -2.52. The minimum Gasteiger partial charge on any atom is -0.373 e. The number of halogens is 1. The van der Waals surface area contributed by atoms with Gasteiger partial charge in [0.05, 0.1) is 9.82 Å².